The fraction of sp³-hybridized carbons (Fsp3) is 0.457. The first kappa shape index (κ1) is 41.9. The Labute approximate surface area is 329 Å². The minimum Gasteiger partial charge on any atom is -0.512 e. The number of allylic oxidation sites excluding steroid dienone is 2. The molecule has 0 atom stereocenters. The van der Waals surface area contributed by atoms with Gasteiger partial charge in [0.1, 0.15) is 29.0 Å². The van der Waals surface area contributed by atoms with Crippen LogP contribution in [0.25, 0.3) is 55.1 Å². The number of ketones is 1. The van der Waals surface area contributed by atoms with E-state index in [0.29, 0.717) is 11.6 Å². The fourth-order valence-electron chi connectivity index (χ4n) is 6.90. The zero-order valence-corrected chi connectivity index (χ0v) is 36.1. The van der Waals surface area contributed by atoms with Crippen molar-refractivity contribution in [2.75, 3.05) is 0 Å². The molecule has 1 N–H and O–H groups in total. The van der Waals surface area contributed by atoms with Gasteiger partial charge in [-0.05, 0) is 56.4 Å². The van der Waals surface area contributed by atoms with Crippen molar-refractivity contribution in [2.45, 2.75) is 121 Å². The Morgan fingerprint density at radius 3 is 2.08 bits per heavy atom. The number of aryl methyl sites for hydroxylation is 1. The van der Waals surface area contributed by atoms with Crippen LogP contribution in [0.15, 0.2) is 69.5 Å². The number of aliphatic hydroxyl groups is 1. The monoisotopic (exact) mass is 894 g/mol. The van der Waals surface area contributed by atoms with Crippen molar-refractivity contribution in [3.63, 3.8) is 0 Å². The van der Waals surface area contributed by atoms with Gasteiger partial charge in [-0.3, -0.25) is 9.78 Å². The summed E-state index contributed by atoms with van der Waals surface area (Å²) in [6.45, 7) is 25.3. The SMILES string of the molecule is CCC(C)(CC)C(=O)/C=C(\O)C(C)(CC)CC.Cc1oc2cc3oc4ncnc(-c5[c-]c6ccccc6c(C(C)(C)C)c5)c4c3cc2c1CC(C)C.[Ir]. The first-order valence-electron chi connectivity index (χ1n) is 19.0. The Kier molecular flexibility index (Phi) is 12.9. The molecule has 285 valence electrons. The van der Waals surface area contributed by atoms with E-state index in [4.69, 9.17) is 13.8 Å². The molecule has 53 heavy (non-hydrogen) atoms. The number of hydrogen-bond donors (Lipinski definition) is 1. The quantitative estimate of drug-likeness (QED) is 0.0837. The number of benzene rings is 3. The molecule has 0 saturated heterocycles. The van der Waals surface area contributed by atoms with Gasteiger partial charge in [-0.15, -0.1) is 29.1 Å². The molecule has 0 aliphatic rings. The van der Waals surface area contributed by atoms with Crippen LogP contribution in [0, 0.1) is 29.7 Å². The minimum atomic E-state index is -0.337. The standard InChI is InChI=1S/C31H29N2O2.C15H28O2.Ir/c1-17(2)11-22-18(3)34-26-15-27-24(14-23(22)26)28-29(32-16-33-30(28)35-27)20-12-19-9-7-8-10-21(19)25(13-20)31(4,5)6;1-7-14(5,8-2)12(16)11-13(17)15(6,9-3)10-4;/h7-10,13-17H,11H2,1-6H3;11,16H,7-10H2,1-6H3;/q-1;;/b;12-11-;. The van der Waals surface area contributed by atoms with E-state index in [2.05, 4.69) is 82.1 Å². The number of aliphatic hydroxyl groups excluding tert-OH is 1. The molecular weight excluding hydrogens is 837 g/mol. The molecule has 0 aliphatic carbocycles. The van der Waals surface area contributed by atoms with Crippen LogP contribution in [0.4, 0.5) is 0 Å². The molecule has 1 radical (unpaired) electrons. The smallest absolute Gasteiger partial charge is 0.223 e. The summed E-state index contributed by atoms with van der Waals surface area (Å²) in [6, 6.07) is 18.5. The Bertz CT molecular complexity index is 2260. The largest absolute Gasteiger partial charge is 0.512 e. The molecule has 0 aliphatic heterocycles. The third-order valence-corrected chi connectivity index (χ3v) is 11.4. The van der Waals surface area contributed by atoms with Crippen LogP contribution >= 0.6 is 0 Å². The number of nitrogens with zero attached hydrogens (tertiary/aromatic N) is 2. The summed E-state index contributed by atoms with van der Waals surface area (Å²) in [5.41, 5.74) is 5.89. The number of hydrogen-bond acceptors (Lipinski definition) is 6. The van der Waals surface area contributed by atoms with Gasteiger partial charge in [-0.25, -0.2) is 4.98 Å². The zero-order valence-electron chi connectivity index (χ0n) is 33.7. The first-order valence-corrected chi connectivity index (χ1v) is 19.0. The van der Waals surface area contributed by atoms with E-state index >= 15 is 0 Å². The molecule has 0 bridgehead atoms. The third kappa shape index (κ3) is 8.32. The molecule has 6 nitrogen and oxygen atoms in total. The predicted molar refractivity (Wildman–Crippen MR) is 216 cm³/mol. The number of fused-ring (bicyclic) bond motifs is 5. The molecule has 0 fully saturated rings. The third-order valence-electron chi connectivity index (χ3n) is 11.4. The van der Waals surface area contributed by atoms with Gasteiger partial charge in [0.05, 0.1) is 0 Å². The molecule has 6 aromatic rings. The number of aromatic nitrogens is 2. The van der Waals surface area contributed by atoms with Crippen LogP contribution in [-0.4, -0.2) is 20.9 Å². The summed E-state index contributed by atoms with van der Waals surface area (Å²) in [5.74, 6) is 1.79. The Balaban J connectivity index is 0.000000299. The summed E-state index contributed by atoms with van der Waals surface area (Å²) >= 11 is 0. The summed E-state index contributed by atoms with van der Waals surface area (Å²) < 4.78 is 12.3. The van der Waals surface area contributed by atoms with Gasteiger partial charge in [0.25, 0.3) is 0 Å². The van der Waals surface area contributed by atoms with Crippen molar-refractivity contribution >= 4 is 49.6 Å². The topological polar surface area (TPSA) is 89.4 Å². The van der Waals surface area contributed by atoms with Gasteiger partial charge < -0.3 is 13.9 Å². The average Bonchev–Trinajstić information content (AvgIpc) is 3.63. The summed E-state index contributed by atoms with van der Waals surface area (Å²) in [6.07, 6.45) is 7.31. The van der Waals surface area contributed by atoms with Crippen LogP contribution in [0.3, 0.4) is 0 Å². The van der Waals surface area contributed by atoms with Gasteiger partial charge in [0.15, 0.2) is 5.78 Å². The molecule has 0 spiro atoms. The van der Waals surface area contributed by atoms with Crippen LogP contribution in [0.5, 0.6) is 0 Å². The van der Waals surface area contributed by atoms with E-state index in [-0.39, 0.29) is 47.9 Å². The molecule has 0 unspecified atom stereocenters. The summed E-state index contributed by atoms with van der Waals surface area (Å²) in [4.78, 5) is 21.4. The van der Waals surface area contributed by atoms with E-state index in [0.717, 1.165) is 81.8 Å². The second-order valence-electron chi connectivity index (χ2n) is 16.4. The average molecular weight is 894 g/mol. The Morgan fingerprint density at radius 1 is 0.849 bits per heavy atom. The van der Waals surface area contributed by atoms with Gasteiger partial charge >= 0.3 is 0 Å². The zero-order chi connectivity index (χ0) is 38.2. The summed E-state index contributed by atoms with van der Waals surface area (Å²) in [5, 5.41) is 15.5. The normalized spacial score (nSPS) is 12.8. The predicted octanol–water partition coefficient (Wildman–Crippen LogP) is 13.2. The van der Waals surface area contributed by atoms with Crippen LogP contribution in [0.1, 0.15) is 119 Å². The molecule has 3 heterocycles. The Hall–Kier alpha value is -3.80. The molecule has 7 heteroatoms. The van der Waals surface area contributed by atoms with E-state index in [1.165, 1.54) is 22.6 Å². The van der Waals surface area contributed by atoms with Crippen LogP contribution in [-0.2, 0) is 36.7 Å². The van der Waals surface area contributed by atoms with Crippen molar-refractivity contribution in [2.24, 2.45) is 16.7 Å². The van der Waals surface area contributed by atoms with Gasteiger partial charge in [0.2, 0.25) is 5.71 Å². The van der Waals surface area contributed by atoms with Crippen molar-refractivity contribution < 1.29 is 38.8 Å². The minimum absolute atomic E-state index is 0. The van der Waals surface area contributed by atoms with Gasteiger partial charge in [-0.2, -0.15) is 0 Å². The van der Waals surface area contributed by atoms with Crippen LogP contribution in [0.2, 0.25) is 0 Å². The number of rotatable bonds is 10. The van der Waals surface area contributed by atoms with E-state index in [1.54, 1.807) is 6.33 Å². The number of furan rings is 2. The number of carbonyl (C=O) groups excluding carboxylic acids is 1. The van der Waals surface area contributed by atoms with E-state index < -0.39 is 0 Å². The van der Waals surface area contributed by atoms with Crippen molar-refractivity contribution in [3.8, 4) is 11.3 Å². The second kappa shape index (κ2) is 16.3. The fourth-order valence-corrected chi connectivity index (χ4v) is 6.90. The maximum atomic E-state index is 12.2. The Morgan fingerprint density at radius 2 is 1.47 bits per heavy atom. The van der Waals surface area contributed by atoms with Gasteiger partial charge in [0, 0.05) is 70.5 Å². The molecule has 3 aromatic heterocycles. The maximum Gasteiger partial charge on any atom is 0.223 e. The van der Waals surface area contributed by atoms with E-state index in [1.807, 2.05) is 54.5 Å². The van der Waals surface area contributed by atoms with Crippen molar-refractivity contribution in [3.05, 3.63) is 83.6 Å². The molecule has 3 aromatic carbocycles. The number of carbonyl (C=O) groups is 1. The molecular formula is C46H57IrN2O4-. The second-order valence-corrected chi connectivity index (χ2v) is 16.4. The first-order chi connectivity index (χ1) is 24.5. The maximum absolute atomic E-state index is 12.2. The van der Waals surface area contributed by atoms with Crippen molar-refractivity contribution in [1.29, 1.82) is 0 Å². The molecule has 0 amide bonds. The van der Waals surface area contributed by atoms with E-state index in [9.17, 15) is 9.90 Å². The molecule has 6 rings (SSSR count). The van der Waals surface area contributed by atoms with Gasteiger partial charge in [-0.1, -0.05) is 105 Å². The van der Waals surface area contributed by atoms with Crippen LogP contribution < -0.4 is 0 Å². The van der Waals surface area contributed by atoms with Crippen molar-refractivity contribution in [1.82, 2.24) is 9.97 Å². The molecule has 0 saturated carbocycles. The summed E-state index contributed by atoms with van der Waals surface area (Å²) in [7, 11) is 0.